The molecule has 3 aromatic rings. The van der Waals surface area contributed by atoms with Crippen LogP contribution in [0.3, 0.4) is 0 Å². The third-order valence-corrected chi connectivity index (χ3v) is 4.59. The summed E-state index contributed by atoms with van der Waals surface area (Å²) in [5, 5.41) is 12.9. The van der Waals surface area contributed by atoms with Gasteiger partial charge in [-0.2, -0.15) is 5.26 Å². The lowest BCUT2D eigenvalue weighted by Crippen LogP contribution is -2.13. The van der Waals surface area contributed by atoms with Crippen molar-refractivity contribution >= 4 is 29.3 Å². The number of ether oxygens (including phenoxy) is 2. The highest BCUT2D eigenvalue weighted by molar-refractivity contribution is 6.30. The summed E-state index contributed by atoms with van der Waals surface area (Å²) in [5.41, 5.74) is 2.27. The van der Waals surface area contributed by atoms with Crippen molar-refractivity contribution in [3.05, 3.63) is 94.5 Å². The second-order valence-electron chi connectivity index (χ2n) is 7.30. The first-order chi connectivity index (χ1) is 15.4. The van der Waals surface area contributed by atoms with Gasteiger partial charge in [-0.15, -0.1) is 0 Å². The van der Waals surface area contributed by atoms with Gasteiger partial charge in [0.15, 0.2) is 0 Å². The van der Waals surface area contributed by atoms with Gasteiger partial charge in [0.05, 0.1) is 6.10 Å². The van der Waals surface area contributed by atoms with Gasteiger partial charge in [-0.05, 0) is 67.4 Å². The minimum atomic E-state index is -0.489. The number of rotatable bonds is 8. The maximum atomic E-state index is 12.6. The molecule has 0 aliphatic carbocycles. The Morgan fingerprint density at radius 3 is 2.44 bits per heavy atom. The van der Waals surface area contributed by atoms with E-state index in [1.165, 1.54) is 6.08 Å². The monoisotopic (exact) mass is 446 g/mol. The van der Waals surface area contributed by atoms with Crippen LogP contribution in [0.5, 0.6) is 11.5 Å². The molecule has 0 saturated heterocycles. The quantitative estimate of drug-likeness (QED) is 0.328. The Balaban J connectivity index is 1.63. The summed E-state index contributed by atoms with van der Waals surface area (Å²) in [4.78, 5) is 12.6. The summed E-state index contributed by atoms with van der Waals surface area (Å²) >= 11 is 5.89. The molecule has 0 aliphatic heterocycles. The van der Waals surface area contributed by atoms with Gasteiger partial charge in [0.2, 0.25) is 0 Å². The maximum absolute atomic E-state index is 12.6. The van der Waals surface area contributed by atoms with E-state index < -0.39 is 5.91 Å². The van der Waals surface area contributed by atoms with E-state index >= 15 is 0 Å². The second-order valence-corrected chi connectivity index (χ2v) is 7.74. The van der Waals surface area contributed by atoms with E-state index in [0.29, 0.717) is 34.4 Å². The number of halogens is 1. The first-order valence-electron chi connectivity index (χ1n) is 10.1. The van der Waals surface area contributed by atoms with E-state index in [4.69, 9.17) is 21.1 Å². The van der Waals surface area contributed by atoms with E-state index in [9.17, 15) is 10.1 Å². The van der Waals surface area contributed by atoms with E-state index in [2.05, 4.69) is 5.32 Å². The Bertz CT molecular complexity index is 1130. The smallest absolute Gasteiger partial charge is 0.266 e. The minimum absolute atomic E-state index is 0.00462. The van der Waals surface area contributed by atoms with E-state index in [0.717, 1.165) is 5.56 Å². The number of anilines is 1. The fourth-order valence-electron chi connectivity index (χ4n) is 2.84. The highest BCUT2D eigenvalue weighted by Gasteiger charge is 2.10. The zero-order valence-electron chi connectivity index (χ0n) is 17.8. The Hall–Kier alpha value is -3.75. The molecule has 162 valence electrons. The molecule has 0 fully saturated rings. The van der Waals surface area contributed by atoms with Crippen LogP contribution < -0.4 is 14.8 Å². The largest absolute Gasteiger partial charge is 0.491 e. The van der Waals surface area contributed by atoms with Crippen molar-refractivity contribution < 1.29 is 14.3 Å². The Morgan fingerprint density at radius 1 is 1.06 bits per heavy atom. The molecule has 6 heteroatoms. The van der Waals surface area contributed by atoms with Crippen LogP contribution >= 0.6 is 11.6 Å². The fourth-order valence-corrected chi connectivity index (χ4v) is 2.97. The lowest BCUT2D eigenvalue weighted by molar-refractivity contribution is -0.112. The zero-order chi connectivity index (χ0) is 22.9. The maximum Gasteiger partial charge on any atom is 0.266 e. The predicted octanol–water partition coefficient (Wildman–Crippen LogP) is 6.25. The molecule has 3 aromatic carbocycles. The van der Waals surface area contributed by atoms with Crippen LogP contribution in [-0.2, 0) is 11.4 Å². The molecule has 1 amide bonds. The molecular formula is C26H23ClN2O3. The Kier molecular flexibility index (Phi) is 7.91. The van der Waals surface area contributed by atoms with Crippen LogP contribution in [0.2, 0.25) is 5.02 Å². The Labute approximate surface area is 192 Å². The highest BCUT2D eigenvalue weighted by atomic mass is 35.5. The van der Waals surface area contributed by atoms with E-state index in [1.54, 1.807) is 42.5 Å². The SMILES string of the molecule is CC(C)Oc1cccc(NC(=O)/C(C#N)=C\c2ccc(OCc3ccc(Cl)cc3)cc2)c1. The summed E-state index contributed by atoms with van der Waals surface area (Å²) in [7, 11) is 0. The molecule has 0 aliphatic rings. The molecule has 0 aromatic heterocycles. The molecule has 0 unspecified atom stereocenters. The average Bonchev–Trinajstić information content (AvgIpc) is 2.77. The molecule has 0 bridgehead atoms. The van der Waals surface area contributed by atoms with Crippen molar-refractivity contribution in [1.29, 1.82) is 5.26 Å². The number of carbonyl (C=O) groups excluding carboxylic acids is 1. The van der Waals surface area contributed by atoms with Gasteiger partial charge >= 0.3 is 0 Å². The van der Waals surface area contributed by atoms with Crippen LogP contribution in [0.25, 0.3) is 6.08 Å². The van der Waals surface area contributed by atoms with Crippen molar-refractivity contribution in [3.63, 3.8) is 0 Å². The van der Waals surface area contributed by atoms with Crippen LogP contribution in [0.4, 0.5) is 5.69 Å². The number of amides is 1. The first-order valence-corrected chi connectivity index (χ1v) is 10.5. The molecule has 5 nitrogen and oxygen atoms in total. The second kappa shape index (κ2) is 11.0. The molecule has 32 heavy (non-hydrogen) atoms. The van der Waals surface area contributed by atoms with Crippen molar-refractivity contribution in [1.82, 2.24) is 0 Å². The topological polar surface area (TPSA) is 71.3 Å². The van der Waals surface area contributed by atoms with Crippen molar-refractivity contribution in [2.45, 2.75) is 26.6 Å². The van der Waals surface area contributed by atoms with Crippen LogP contribution in [0, 0.1) is 11.3 Å². The standard InChI is InChI=1S/C26H23ClN2O3/c1-18(2)32-25-5-3-4-23(15-25)29-26(30)21(16-28)14-19-8-12-24(13-9-19)31-17-20-6-10-22(27)11-7-20/h3-15,18H,17H2,1-2H3,(H,29,30)/b21-14-. The summed E-state index contributed by atoms with van der Waals surface area (Å²) in [6.45, 7) is 4.27. The van der Waals surface area contributed by atoms with Crippen molar-refractivity contribution in [2.75, 3.05) is 5.32 Å². The number of hydrogen-bond donors (Lipinski definition) is 1. The van der Waals surface area contributed by atoms with Gasteiger partial charge < -0.3 is 14.8 Å². The fraction of sp³-hybridized carbons (Fsp3) is 0.154. The highest BCUT2D eigenvalue weighted by Crippen LogP contribution is 2.20. The van der Waals surface area contributed by atoms with Gasteiger partial charge in [0.1, 0.15) is 29.7 Å². The number of carbonyl (C=O) groups is 1. The first kappa shape index (κ1) is 22.9. The lowest BCUT2D eigenvalue weighted by atomic mass is 10.1. The molecule has 0 heterocycles. The summed E-state index contributed by atoms with van der Waals surface area (Å²) in [5.74, 6) is 0.841. The van der Waals surface area contributed by atoms with Crippen LogP contribution in [0.15, 0.2) is 78.4 Å². The zero-order valence-corrected chi connectivity index (χ0v) is 18.6. The van der Waals surface area contributed by atoms with Gasteiger partial charge in [0.25, 0.3) is 5.91 Å². The van der Waals surface area contributed by atoms with E-state index in [1.807, 2.05) is 50.2 Å². The Morgan fingerprint density at radius 2 is 1.78 bits per heavy atom. The molecule has 0 spiro atoms. The third-order valence-electron chi connectivity index (χ3n) is 4.34. The summed E-state index contributed by atoms with van der Waals surface area (Å²) < 4.78 is 11.4. The van der Waals surface area contributed by atoms with E-state index in [-0.39, 0.29) is 11.7 Å². The summed E-state index contributed by atoms with van der Waals surface area (Å²) in [6.07, 6.45) is 1.56. The number of nitriles is 1. The lowest BCUT2D eigenvalue weighted by Gasteiger charge is -2.11. The minimum Gasteiger partial charge on any atom is -0.491 e. The van der Waals surface area contributed by atoms with Gasteiger partial charge in [-0.1, -0.05) is 41.9 Å². The molecular weight excluding hydrogens is 424 g/mol. The average molecular weight is 447 g/mol. The van der Waals surface area contributed by atoms with Crippen molar-refractivity contribution in [3.8, 4) is 17.6 Å². The third kappa shape index (κ3) is 6.90. The number of benzene rings is 3. The summed E-state index contributed by atoms with van der Waals surface area (Å²) in [6, 6.07) is 23.6. The van der Waals surface area contributed by atoms with Gasteiger partial charge in [0, 0.05) is 16.8 Å². The van der Waals surface area contributed by atoms with Crippen molar-refractivity contribution in [2.24, 2.45) is 0 Å². The molecule has 1 N–H and O–H groups in total. The van der Waals surface area contributed by atoms with Crippen LogP contribution in [0.1, 0.15) is 25.0 Å². The number of nitrogens with one attached hydrogen (secondary N) is 1. The molecule has 0 atom stereocenters. The van der Waals surface area contributed by atoms with Crippen LogP contribution in [-0.4, -0.2) is 12.0 Å². The van der Waals surface area contributed by atoms with Gasteiger partial charge in [-0.25, -0.2) is 0 Å². The molecule has 0 radical (unpaired) electrons. The number of hydrogen-bond acceptors (Lipinski definition) is 4. The molecule has 3 rings (SSSR count). The number of nitrogens with zero attached hydrogens (tertiary/aromatic N) is 1. The normalized spacial score (nSPS) is 11.0. The molecule has 0 saturated carbocycles. The predicted molar refractivity (Wildman–Crippen MR) is 127 cm³/mol. The van der Waals surface area contributed by atoms with Gasteiger partial charge in [-0.3, -0.25) is 4.79 Å².